The van der Waals surface area contributed by atoms with Crippen LogP contribution in [0, 0.1) is 0 Å². The summed E-state index contributed by atoms with van der Waals surface area (Å²) in [5, 5.41) is 2.49. The fourth-order valence-corrected chi connectivity index (χ4v) is 5.23. The van der Waals surface area contributed by atoms with Crippen LogP contribution in [-0.2, 0) is 0 Å². The molecule has 0 aliphatic carbocycles. The van der Waals surface area contributed by atoms with Crippen LogP contribution in [0.4, 0.5) is 5.69 Å². The average molecular weight is 297 g/mol. The molecular weight excluding hydrogens is 286 g/mol. The van der Waals surface area contributed by atoms with Crippen LogP contribution in [0.5, 0.6) is 0 Å². The second-order valence-corrected chi connectivity index (χ2v) is 6.99. The summed E-state index contributed by atoms with van der Waals surface area (Å²) >= 11 is 3.52. The van der Waals surface area contributed by atoms with Crippen LogP contribution < -0.4 is 5.73 Å². The van der Waals surface area contributed by atoms with E-state index in [1.807, 2.05) is 24.3 Å². The van der Waals surface area contributed by atoms with Crippen molar-refractivity contribution in [2.75, 3.05) is 5.73 Å². The fraction of sp³-hybridized carbons (Fsp3) is 0.0625. The molecule has 2 N–H and O–H groups in total. The molecular formula is C16H11NOS2. The van der Waals surface area contributed by atoms with E-state index < -0.39 is 0 Å². The molecule has 4 rings (SSSR count). The van der Waals surface area contributed by atoms with Gasteiger partial charge in [0.1, 0.15) is 0 Å². The van der Waals surface area contributed by atoms with E-state index in [0.717, 1.165) is 11.3 Å². The normalized spacial score (nSPS) is 11.7. The second-order valence-electron chi connectivity index (χ2n) is 4.89. The van der Waals surface area contributed by atoms with Gasteiger partial charge in [-0.25, -0.2) is 0 Å². The Morgan fingerprint density at radius 2 is 1.55 bits per heavy atom. The molecule has 0 aliphatic rings. The number of thiophene rings is 2. The highest BCUT2D eigenvalue weighted by Crippen LogP contribution is 2.44. The summed E-state index contributed by atoms with van der Waals surface area (Å²) in [6, 6.07) is 12.0. The number of anilines is 1. The van der Waals surface area contributed by atoms with Crippen LogP contribution in [0.1, 0.15) is 17.3 Å². The highest BCUT2D eigenvalue weighted by Gasteiger charge is 2.13. The SMILES string of the molecule is CC(=O)c1ccc2c(c1)sc1c3ccc(N)cc3sc21. The number of nitrogen functional groups attached to an aromatic ring is 1. The largest absolute Gasteiger partial charge is 0.399 e. The topological polar surface area (TPSA) is 43.1 Å². The summed E-state index contributed by atoms with van der Waals surface area (Å²) in [7, 11) is 0. The van der Waals surface area contributed by atoms with Crippen molar-refractivity contribution in [2.45, 2.75) is 6.92 Å². The van der Waals surface area contributed by atoms with E-state index in [9.17, 15) is 4.79 Å². The van der Waals surface area contributed by atoms with Gasteiger partial charge in [0.05, 0.1) is 9.40 Å². The molecule has 2 aromatic heterocycles. The summed E-state index contributed by atoms with van der Waals surface area (Å²) in [5.41, 5.74) is 7.43. The Labute approximate surface area is 123 Å². The van der Waals surface area contributed by atoms with Crippen molar-refractivity contribution in [3.63, 3.8) is 0 Å². The first-order chi connectivity index (χ1) is 9.63. The van der Waals surface area contributed by atoms with Crippen molar-refractivity contribution in [2.24, 2.45) is 0 Å². The summed E-state index contributed by atoms with van der Waals surface area (Å²) in [5.74, 6) is 0.112. The maximum Gasteiger partial charge on any atom is 0.159 e. The Morgan fingerprint density at radius 1 is 0.950 bits per heavy atom. The second kappa shape index (κ2) is 4.04. The summed E-state index contributed by atoms with van der Waals surface area (Å²) in [6.45, 7) is 1.61. The number of carbonyl (C=O) groups is 1. The van der Waals surface area contributed by atoms with Gasteiger partial charge in [-0.15, -0.1) is 22.7 Å². The van der Waals surface area contributed by atoms with Gasteiger partial charge in [0, 0.05) is 31.4 Å². The predicted octanol–water partition coefficient (Wildman–Crippen LogP) is 5.05. The van der Waals surface area contributed by atoms with Gasteiger partial charge in [-0.1, -0.05) is 18.2 Å². The van der Waals surface area contributed by atoms with Gasteiger partial charge in [0.15, 0.2) is 5.78 Å². The summed E-state index contributed by atoms with van der Waals surface area (Å²) < 4.78 is 4.99. The van der Waals surface area contributed by atoms with Crippen LogP contribution in [0.25, 0.3) is 29.6 Å². The lowest BCUT2D eigenvalue weighted by atomic mass is 10.1. The van der Waals surface area contributed by atoms with Crippen molar-refractivity contribution in [1.82, 2.24) is 0 Å². The van der Waals surface area contributed by atoms with Crippen LogP contribution in [0.15, 0.2) is 36.4 Å². The molecule has 2 heterocycles. The number of hydrogen-bond donors (Lipinski definition) is 1. The van der Waals surface area contributed by atoms with E-state index in [1.54, 1.807) is 29.6 Å². The Balaban J connectivity index is 2.12. The van der Waals surface area contributed by atoms with Gasteiger partial charge in [0.2, 0.25) is 0 Å². The van der Waals surface area contributed by atoms with E-state index in [0.29, 0.717) is 0 Å². The third-order valence-corrected chi connectivity index (χ3v) is 6.01. The molecule has 0 unspecified atom stereocenters. The smallest absolute Gasteiger partial charge is 0.159 e. The van der Waals surface area contributed by atoms with E-state index in [2.05, 4.69) is 12.1 Å². The van der Waals surface area contributed by atoms with E-state index >= 15 is 0 Å². The Bertz CT molecular complexity index is 994. The maximum absolute atomic E-state index is 11.5. The van der Waals surface area contributed by atoms with Gasteiger partial charge in [0.25, 0.3) is 0 Å². The molecule has 0 atom stereocenters. The molecule has 0 amide bonds. The molecule has 0 saturated carbocycles. The molecule has 0 aliphatic heterocycles. The lowest BCUT2D eigenvalue weighted by molar-refractivity contribution is 0.101. The minimum atomic E-state index is 0.112. The molecule has 2 nitrogen and oxygen atoms in total. The summed E-state index contributed by atoms with van der Waals surface area (Å²) in [6.07, 6.45) is 0. The molecule has 0 spiro atoms. The molecule has 2 aromatic carbocycles. The van der Waals surface area contributed by atoms with Gasteiger partial charge in [-0.3, -0.25) is 4.79 Å². The highest BCUT2D eigenvalue weighted by molar-refractivity contribution is 7.36. The van der Waals surface area contributed by atoms with Gasteiger partial charge >= 0.3 is 0 Å². The van der Waals surface area contributed by atoms with Crippen molar-refractivity contribution < 1.29 is 4.79 Å². The van der Waals surface area contributed by atoms with E-state index in [-0.39, 0.29) is 5.78 Å². The highest BCUT2D eigenvalue weighted by atomic mass is 32.1. The number of Topliss-reactive ketones (excluding diaryl/α,β-unsaturated/α-hetero) is 1. The van der Waals surface area contributed by atoms with Crippen LogP contribution >= 0.6 is 22.7 Å². The quantitative estimate of drug-likeness (QED) is 0.394. The van der Waals surface area contributed by atoms with Gasteiger partial charge < -0.3 is 5.73 Å². The third-order valence-electron chi connectivity index (χ3n) is 3.51. The monoisotopic (exact) mass is 297 g/mol. The van der Waals surface area contributed by atoms with Crippen molar-refractivity contribution in [1.29, 1.82) is 0 Å². The first kappa shape index (κ1) is 11.9. The molecule has 0 radical (unpaired) electrons. The number of nitrogens with two attached hydrogens (primary N) is 1. The Hall–Kier alpha value is -1.91. The number of hydrogen-bond acceptors (Lipinski definition) is 4. The standard InChI is InChI=1S/C16H11NOS2/c1-8(18)9-2-4-11-13(6-9)19-16-12-5-3-10(17)7-14(12)20-15(11)16/h2-7H,17H2,1H3. The molecule has 4 aromatic rings. The number of benzene rings is 2. The predicted molar refractivity (Wildman–Crippen MR) is 89.1 cm³/mol. The zero-order chi connectivity index (χ0) is 13.9. The minimum Gasteiger partial charge on any atom is -0.399 e. The number of ketones is 1. The number of carbonyl (C=O) groups excluding carboxylic acids is 1. The Morgan fingerprint density at radius 3 is 2.20 bits per heavy atom. The van der Waals surface area contributed by atoms with E-state index in [1.165, 1.54) is 29.6 Å². The minimum absolute atomic E-state index is 0.112. The third kappa shape index (κ3) is 1.58. The maximum atomic E-state index is 11.5. The zero-order valence-corrected chi connectivity index (χ0v) is 12.4. The van der Waals surface area contributed by atoms with Gasteiger partial charge in [-0.05, 0) is 25.1 Å². The first-order valence-electron chi connectivity index (χ1n) is 6.29. The van der Waals surface area contributed by atoms with Crippen molar-refractivity contribution in [3.8, 4) is 0 Å². The molecule has 0 fully saturated rings. The average Bonchev–Trinajstić information content (AvgIpc) is 2.92. The molecule has 98 valence electrons. The van der Waals surface area contributed by atoms with E-state index in [4.69, 9.17) is 5.73 Å². The van der Waals surface area contributed by atoms with Crippen molar-refractivity contribution in [3.05, 3.63) is 42.0 Å². The number of rotatable bonds is 1. The first-order valence-corrected chi connectivity index (χ1v) is 7.92. The molecule has 4 heteroatoms. The molecule has 20 heavy (non-hydrogen) atoms. The zero-order valence-electron chi connectivity index (χ0n) is 10.8. The fourth-order valence-electron chi connectivity index (χ4n) is 2.49. The number of fused-ring (bicyclic) bond motifs is 5. The van der Waals surface area contributed by atoms with Crippen LogP contribution in [0.2, 0.25) is 0 Å². The lowest BCUT2D eigenvalue weighted by Gasteiger charge is -1.95. The van der Waals surface area contributed by atoms with Crippen LogP contribution in [0.3, 0.4) is 0 Å². The Kier molecular flexibility index (Phi) is 2.40. The molecule has 0 saturated heterocycles. The lowest BCUT2D eigenvalue weighted by Crippen LogP contribution is -1.89. The van der Waals surface area contributed by atoms with Crippen LogP contribution in [-0.4, -0.2) is 5.78 Å². The van der Waals surface area contributed by atoms with Gasteiger partial charge in [-0.2, -0.15) is 0 Å². The molecule has 0 bridgehead atoms. The van der Waals surface area contributed by atoms with Crippen molar-refractivity contribution >= 4 is 63.7 Å². The summed E-state index contributed by atoms with van der Waals surface area (Å²) in [4.78, 5) is 11.5.